The number of ether oxygens (including phenoxy) is 1. The maximum absolute atomic E-state index is 8.94. The summed E-state index contributed by atoms with van der Waals surface area (Å²) < 4.78 is 5.95. The van der Waals surface area contributed by atoms with Crippen molar-refractivity contribution in [3.8, 4) is 5.75 Å². The standard InChI is InChI=1S/C12H20NO2.HI/c1-13(2,7-8-14)10-11-5-4-6-12(9-11)15-3;/h4-6,9,14H,7-8,10H2,1-3H3;1H/q+1;/p-1. The zero-order valence-corrected chi connectivity index (χ0v) is 12.3. The molecule has 16 heavy (non-hydrogen) atoms. The molecule has 1 aromatic carbocycles. The minimum Gasteiger partial charge on any atom is -1.00 e. The Balaban J connectivity index is 0.00000225. The van der Waals surface area contributed by atoms with Crippen molar-refractivity contribution < 1.29 is 38.3 Å². The number of halogens is 1. The minimum atomic E-state index is 0. The Morgan fingerprint density at radius 1 is 1.31 bits per heavy atom. The summed E-state index contributed by atoms with van der Waals surface area (Å²) in [6, 6.07) is 8.06. The number of hydrogen-bond donors (Lipinski definition) is 1. The Kier molecular flexibility index (Phi) is 6.94. The van der Waals surface area contributed by atoms with E-state index in [9.17, 15) is 0 Å². The lowest BCUT2D eigenvalue weighted by Gasteiger charge is -2.29. The number of benzene rings is 1. The van der Waals surface area contributed by atoms with Crippen LogP contribution < -0.4 is 28.7 Å². The van der Waals surface area contributed by atoms with Gasteiger partial charge in [0, 0.05) is 5.56 Å². The lowest BCUT2D eigenvalue weighted by Crippen LogP contribution is -3.00. The van der Waals surface area contributed by atoms with E-state index in [1.54, 1.807) is 7.11 Å². The fourth-order valence-corrected chi connectivity index (χ4v) is 1.61. The van der Waals surface area contributed by atoms with Gasteiger partial charge in [-0.3, -0.25) is 0 Å². The maximum atomic E-state index is 8.94. The molecule has 0 aliphatic rings. The topological polar surface area (TPSA) is 29.5 Å². The van der Waals surface area contributed by atoms with Gasteiger partial charge < -0.3 is 38.3 Å². The van der Waals surface area contributed by atoms with Crippen molar-refractivity contribution in [3.05, 3.63) is 29.8 Å². The number of nitrogens with zero attached hydrogens (tertiary/aromatic N) is 1. The summed E-state index contributed by atoms with van der Waals surface area (Å²) in [4.78, 5) is 0. The van der Waals surface area contributed by atoms with E-state index in [2.05, 4.69) is 20.2 Å². The zero-order chi connectivity index (χ0) is 11.3. The molecule has 0 aliphatic heterocycles. The second-order valence-electron chi connectivity index (χ2n) is 4.39. The van der Waals surface area contributed by atoms with Crippen LogP contribution in [-0.4, -0.2) is 43.9 Å². The fraction of sp³-hybridized carbons (Fsp3) is 0.500. The van der Waals surface area contributed by atoms with E-state index in [-0.39, 0.29) is 30.6 Å². The number of hydrogen-bond acceptors (Lipinski definition) is 2. The number of methoxy groups -OCH3 is 1. The normalized spacial score (nSPS) is 10.8. The molecule has 0 spiro atoms. The highest BCUT2D eigenvalue weighted by Crippen LogP contribution is 2.15. The Morgan fingerprint density at radius 3 is 2.56 bits per heavy atom. The van der Waals surface area contributed by atoms with Gasteiger partial charge in [-0.2, -0.15) is 0 Å². The summed E-state index contributed by atoms with van der Waals surface area (Å²) in [7, 11) is 5.89. The molecular formula is C12H20INO2. The highest BCUT2D eigenvalue weighted by molar-refractivity contribution is 5.27. The van der Waals surface area contributed by atoms with Crippen molar-refractivity contribution in [2.75, 3.05) is 34.4 Å². The molecule has 0 aliphatic carbocycles. The number of aliphatic hydroxyl groups excluding tert-OH is 1. The van der Waals surface area contributed by atoms with Crippen LogP contribution in [0.25, 0.3) is 0 Å². The third-order valence-corrected chi connectivity index (χ3v) is 2.45. The van der Waals surface area contributed by atoms with E-state index in [0.717, 1.165) is 23.3 Å². The Morgan fingerprint density at radius 2 is 2.00 bits per heavy atom. The largest absolute Gasteiger partial charge is 1.00 e. The summed E-state index contributed by atoms with van der Waals surface area (Å²) in [6.07, 6.45) is 0. The monoisotopic (exact) mass is 337 g/mol. The summed E-state index contributed by atoms with van der Waals surface area (Å²) in [6.45, 7) is 1.88. The molecule has 0 fully saturated rings. The first-order chi connectivity index (χ1) is 7.07. The van der Waals surface area contributed by atoms with Gasteiger partial charge in [-0.15, -0.1) is 0 Å². The first-order valence-corrected chi connectivity index (χ1v) is 5.13. The van der Waals surface area contributed by atoms with Crippen LogP contribution in [0.15, 0.2) is 24.3 Å². The number of likely N-dealkylation sites (N-methyl/N-ethyl adjacent to an activating group) is 1. The smallest absolute Gasteiger partial charge is 0.119 e. The molecule has 0 atom stereocenters. The lowest BCUT2D eigenvalue weighted by molar-refractivity contribution is -0.903. The van der Waals surface area contributed by atoms with Crippen LogP contribution >= 0.6 is 0 Å². The van der Waals surface area contributed by atoms with Crippen molar-refractivity contribution in [1.82, 2.24) is 0 Å². The number of aliphatic hydroxyl groups is 1. The SMILES string of the molecule is COc1cccc(C[N+](C)(C)CCO)c1.[I-]. The molecule has 1 rings (SSSR count). The third-order valence-electron chi connectivity index (χ3n) is 2.45. The molecule has 0 aromatic heterocycles. The van der Waals surface area contributed by atoms with Crippen LogP contribution in [0.3, 0.4) is 0 Å². The fourth-order valence-electron chi connectivity index (χ4n) is 1.61. The summed E-state index contributed by atoms with van der Waals surface area (Å²) in [5, 5.41) is 8.94. The average molecular weight is 337 g/mol. The first-order valence-electron chi connectivity index (χ1n) is 5.13. The molecule has 0 radical (unpaired) electrons. The summed E-state index contributed by atoms with van der Waals surface area (Å²) >= 11 is 0. The van der Waals surface area contributed by atoms with E-state index in [4.69, 9.17) is 9.84 Å². The molecule has 0 saturated carbocycles. The van der Waals surface area contributed by atoms with Crippen LogP contribution in [0.5, 0.6) is 5.75 Å². The van der Waals surface area contributed by atoms with E-state index < -0.39 is 0 Å². The number of rotatable bonds is 5. The Bertz CT molecular complexity index is 316. The molecule has 0 saturated heterocycles. The van der Waals surface area contributed by atoms with Crippen LogP contribution in [0.1, 0.15) is 5.56 Å². The second-order valence-corrected chi connectivity index (χ2v) is 4.39. The van der Waals surface area contributed by atoms with Crippen molar-refractivity contribution in [1.29, 1.82) is 0 Å². The van der Waals surface area contributed by atoms with E-state index in [0.29, 0.717) is 0 Å². The molecule has 92 valence electrons. The summed E-state index contributed by atoms with van der Waals surface area (Å²) in [5.41, 5.74) is 1.23. The molecule has 3 nitrogen and oxygen atoms in total. The average Bonchev–Trinajstić information content (AvgIpc) is 2.17. The van der Waals surface area contributed by atoms with Gasteiger partial charge in [0.05, 0.1) is 27.8 Å². The van der Waals surface area contributed by atoms with E-state index in [1.807, 2.05) is 18.2 Å². The molecular weight excluding hydrogens is 317 g/mol. The van der Waals surface area contributed by atoms with Crippen molar-refractivity contribution in [2.45, 2.75) is 6.54 Å². The third kappa shape index (κ3) is 5.14. The van der Waals surface area contributed by atoms with Crippen LogP contribution in [-0.2, 0) is 6.54 Å². The molecule has 1 N–H and O–H groups in total. The van der Waals surface area contributed by atoms with Crippen LogP contribution in [0, 0.1) is 0 Å². The van der Waals surface area contributed by atoms with Crippen molar-refractivity contribution in [3.63, 3.8) is 0 Å². The Hall–Kier alpha value is -0.330. The van der Waals surface area contributed by atoms with Crippen LogP contribution in [0.4, 0.5) is 0 Å². The molecule has 0 bridgehead atoms. The van der Waals surface area contributed by atoms with Gasteiger partial charge >= 0.3 is 0 Å². The molecule has 0 unspecified atom stereocenters. The number of quaternary nitrogens is 1. The Labute approximate surface area is 115 Å². The molecule has 0 heterocycles. The second kappa shape index (κ2) is 7.09. The maximum Gasteiger partial charge on any atom is 0.119 e. The van der Waals surface area contributed by atoms with Gasteiger partial charge in [0.15, 0.2) is 0 Å². The van der Waals surface area contributed by atoms with Gasteiger partial charge in [0.1, 0.15) is 18.8 Å². The molecule has 1 aromatic rings. The van der Waals surface area contributed by atoms with Gasteiger partial charge in [-0.05, 0) is 12.1 Å². The van der Waals surface area contributed by atoms with Gasteiger partial charge in [0.25, 0.3) is 0 Å². The highest BCUT2D eigenvalue weighted by Gasteiger charge is 2.14. The quantitative estimate of drug-likeness (QED) is 0.511. The van der Waals surface area contributed by atoms with Gasteiger partial charge in [-0.1, -0.05) is 12.1 Å². The van der Waals surface area contributed by atoms with E-state index >= 15 is 0 Å². The highest BCUT2D eigenvalue weighted by atomic mass is 127. The first kappa shape index (κ1) is 15.7. The van der Waals surface area contributed by atoms with Crippen LogP contribution in [0.2, 0.25) is 0 Å². The summed E-state index contributed by atoms with van der Waals surface area (Å²) in [5.74, 6) is 0.886. The zero-order valence-electron chi connectivity index (χ0n) is 10.1. The lowest BCUT2D eigenvalue weighted by atomic mass is 10.2. The van der Waals surface area contributed by atoms with Gasteiger partial charge in [0.2, 0.25) is 0 Å². The van der Waals surface area contributed by atoms with Crippen molar-refractivity contribution in [2.24, 2.45) is 0 Å². The molecule has 0 amide bonds. The van der Waals surface area contributed by atoms with E-state index in [1.165, 1.54) is 5.56 Å². The minimum absolute atomic E-state index is 0. The predicted octanol–water partition coefficient (Wildman–Crippen LogP) is -1.73. The van der Waals surface area contributed by atoms with Gasteiger partial charge in [-0.25, -0.2) is 0 Å². The molecule has 4 heteroatoms. The predicted molar refractivity (Wildman–Crippen MR) is 60.8 cm³/mol. The van der Waals surface area contributed by atoms with Crippen molar-refractivity contribution >= 4 is 0 Å².